The Labute approximate surface area is 165 Å². The number of hydrogen-bond donors (Lipinski definition) is 2. The number of nitrogens with one attached hydrogen (secondary N) is 1. The molecular formula is C19H22N2O4S2. The first-order valence-corrected chi connectivity index (χ1v) is 10.6. The second kappa shape index (κ2) is 8.67. The molecule has 2 heterocycles. The van der Waals surface area contributed by atoms with E-state index in [0.717, 1.165) is 36.1 Å². The summed E-state index contributed by atoms with van der Waals surface area (Å²) >= 11 is 3.04. The summed E-state index contributed by atoms with van der Waals surface area (Å²) in [6.07, 6.45) is 3.51. The van der Waals surface area contributed by atoms with Gasteiger partial charge in [-0.05, 0) is 56.0 Å². The van der Waals surface area contributed by atoms with Gasteiger partial charge in [-0.15, -0.1) is 22.7 Å². The maximum atomic E-state index is 12.4. The van der Waals surface area contributed by atoms with Crippen LogP contribution in [-0.2, 0) is 33.6 Å². The Hall–Kier alpha value is -2.19. The van der Waals surface area contributed by atoms with Crippen molar-refractivity contribution in [3.05, 3.63) is 38.4 Å². The highest BCUT2D eigenvalue weighted by atomic mass is 32.1. The lowest BCUT2D eigenvalue weighted by atomic mass is 10.1. The molecule has 2 aromatic rings. The van der Waals surface area contributed by atoms with Crippen LogP contribution in [0.1, 0.15) is 51.9 Å². The molecule has 6 nitrogen and oxygen atoms in total. The van der Waals surface area contributed by atoms with Gasteiger partial charge >= 0.3 is 5.97 Å². The van der Waals surface area contributed by atoms with Crippen LogP contribution < -0.4 is 11.1 Å². The van der Waals surface area contributed by atoms with E-state index in [9.17, 15) is 14.4 Å². The van der Waals surface area contributed by atoms with E-state index in [1.165, 1.54) is 23.1 Å². The van der Waals surface area contributed by atoms with Gasteiger partial charge in [-0.1, -0.05) is 6.07 Å². The Bertz CT molecular complexity index is 842. The molecule has 2 aromatic heterocycles. The number of hydrogen-bond acceptors (Lipinski definition) is 6. The molecule has 1 atom stereocenters. The van der Waals surface area contributed by atoms with Crippen molar-refractivity contribution in [2.75, 3.05) is 5.32 Å². The Morgan fingerprint density at radius 1 is 1.33 bits per heavy atom. The molecule has 0 bridgehead atoms. The van der Waals surface area contributed by atoms with E-state index in [0.29, 0.717) is 17.0 Å². The lowest BCUT2D eigenvalue weighted by Gasteiger charge is -2.13. The molecule has 0 saturated heterocycles. The molecule has 1 aliphatic carbocycles. The summed E-state index contributed by atoms with van der Waals surface area (Å²) in [5, 5.41) is 5.17. The van der Waals surface area contributed by atoms with E-state index in [1.54, 1.807) is 11.3 Å². The number of anilines is 1. The first kappa shape index (κ1) is 19.6. The topological polar surface area (TPSA) is 98.5 Å². The fraction of sp³-hybridized carbons (Fsp3) is 0.421. The van der Waals surface area contributed by atoms with Crippen LogP contribution in [0, 0.1) is 0 Å². The van der Waals surface area contributed by atoms with Gasteiger partial charge in [-0.25, -0.2) is 0 Å². The monoisotopic (exact) mass is 406 g/mol. The van der Waals surface area contributed by atoms with Crippen LogP contribution in [0.25, 0.3) is 0 Å². The maximum absolute atomic E-state index is 12.4. The number of carbonyl (C=O) groups is 3. The molecule has 144 valence electrons. The Kier molecular flexibility index (Phi) is 6.28. The largest absolute Gasteiger partial charge is 0.453 e. The molecular weight excluding hydrogens is 384 g/mol. The van der Waals surface area contributed by atoms with Crippen molar-refractivity contribution in [2.45, 2.75) is 51.6 Å². The van der Waals surface area contributed by atoms with Gasteiger partial charge in [-0.3, -0.25) is 14.4 Å². The first-order chi connectivity index (χ1) is 13.0. The molecule has 0 spiro atoms. The molecule has 27 heavy (non-hydrogen) atoms. The number of nitrogens with two attached hydrogens (primary N) is 1. The van der Waals surface area contributed by atoms with Crippen molar-refractivity contribution < 1.29 is 19.1 Å². The molecule has 2 amide bonds. The Morgan fingerprint density at radius 2 is 2.15 bits per heavy atom. The molecule has 0 saturated carbocycles. The molecule has 0 fully saturated rings. The van der Waals surface area contributed by atoms with Crippen LogP contribution in [0.15, 0.2) is 17.5 Å². The lowest BCUT2D eigenvalue weighted by Crippen LogP contribution is -2.30. The number of fused-ring (bicyclic) bond motifs is 1. The van der Waals surface area contributed by atoms with E-state index >= 15 is 0 Å². The SMILES string of the molecule is C[C@@H](OC(=O)CCCc1cccs1)C(=O)Nc1sc2c(c1C(N)=O)CCC2. The molecule has 0 radical (unpaired) electrons. The standard InChI is InChI=1S/C19H22N2O4S2/c1-11(25-15(22)9-2-5-12-6-4-10-26-12)18(24)21-19-16(17(20)23)13-7-3-8-14(13)27-19/h4,6,10-11H,2-3,5,7-9H2,1H3,(H2,20,23)(H,21,24)/t11-/m1/s1. The zero-order valence-electron chi connectivity index (χ0n) is 15.1. The van der Waals surface area contributed by atoms with Gasteiger partial charge in [0.15, 0.2) is 6.10 Å². The van der Waals surface area contributed by atoms with Gasteiger partial charge in [0.05, 0.1) is 5.56 Å². The van der Waals surface area contributed by atoms with Gasteiger partial charge in [-0.2, -0.15) is 0 Å². The second-order valence-corrected chi connectivity index (χ2v) is 8.62. The third-order valence-electron chi connectivity index (χ3n) is 4.47. The summed E-state index contributed by atoms with van der Waals surface area (Å²) in [5.41, 5.74) is 6.84. The van der Waals surface area contributed by atoms with Crippen LogP contribution in [0.5, 0.6) is 0 Å². The van der Waals surface area contributed by atoms with Crippen molar-refractivity contribution in [1.29, 1.82) is 0 Å². The average molecular weight is 407 g/mol. The second-order valence-electron chi connectivity index (χ2n) is 6.48. The highest BCUT2D eigenvalue weighted by molar-refractivity contribution is 7.17. The zero-order valence-corrected chi connectivity index (χ0v) is 16.7. The van der Waals surface area contributed by atoms with E-state index in [2.05, 4.69) is 5.32 Å². The van der Waals surface area contributed by atoms with E-state index < -0.39 is 23.9 Å². The molecule has 1 aliphatic rings. The van der Waals surface area contributed by atoms with Gasteiger partial charge in [0.2, 0.25) is 0 Å². The van der Waals surface area contributed by atoms with Crippen LogP contribution >= 0.6 is 22.7 Å². The average Bonchev–Trinajstić information content (AvgIpc) is 3.31. The van der Waals surface area contributed by atoms with Crippen molar-refractivity contribution in [3.63, 3.8) is 0 Å². The smallest absolute Gasteiger partial charge is 0.306 e. The summed E-state index contributed by atoms with van der Waals surface area (Å²) in [6.45, 7) is 1.53. The number of aryl methyl sites for hydroxylation is 2. The minimum absolute atomic E-state index is 0.259. The quantitative estimate of drug-likeness (QED) is 0.657. The molecule has 3 N–H and O–H groups in total. The number of carbonyl (C=O) groups excluding carboxylic acids is 3. The van der Waals surface area contributed by atoms with Gasteiger partial charge in [0, 0.05) is 16.2 Å². The van der Waals surface area contributed by atoms with E-state index in [1.807, 2.05) is 17.5 Å². The minimum Gasteiger partial charge on any atom is -0.453 e. The van der Waals surface area contributed by atoms with Crippen molar-refractivity contribution >= 4 is 45.5 Å². The number of esters is 1. The maximum Gasteiger partial charge on any atom is 0.306 e. The highest BCUT2D eigenvalue weighted by Crippen LogP contribution is 2.38. The number of rotatable bonds is 8. The summed E-state index contributed by atoms with van der Waals surface area (Å²) in [6, 6.07) is 4.01. The van der Waals surface area contributed by atoms with Crippen molar-refractivity contribution in [1.82, 2.24) is 0 Å². The fourth-order valence-electron chi connectivity index (χ4n) is 3.14. The first-order valence-electron chi connectivity index (χ1n) is 8.92. The van der Waals surface area contributed by atoms with E-state index in [4.69, 9.17) is 10.5 Å². The van der Waals surface area contributed by atoms with Gasteiger partial charge in [0.1, 0.15) is 5.00 Å². The minimum atomic E-state index is -0.933. The van der Waals surface area contributed by atoms with Gasteiger partial charge < -0.3 is 15.8 Å². The highest BCUT2D eigenvalue weighted by Gasteiger charge is 2.27. The van der Waals surface area contributed by atoms with Crippen molar-refractivity contribution in [3.8, 4) is 0 Å². The molecule has 0 aromatic carbocycles. The predicted molar refractivity (Wildman–Crippen MR) is 106 cm³/mol. The Balaban J connectivity index is 1.52. The fourth-order valence-corrected chi connectivity index (χ4v) is 5.19. The normalized spacial score (nSPS) is 13.8. The van der Waals surface area contributed by atoms with Crippen LogP contribution in [0.2, 0.25) is 0 Å². The number of ether oxygens (including phenoxy) is 1. The number of thiophene rings is 2. The molecule has 0 aliphatic heterocycles. The van der Waals surface area contributed by atoms with Crippen LogP contribution in [0.4, 0.5) is 5.00 Å². The molecule has 0 unspecified atom stereocenters. The zero-order chi connectivity index (χ0) is 19.4. The third-order valence-corrected chi connectivity index (χ3v) is 6.61. The lowest BCUT2D eigenvalue weighted by molar-refractivity contribution is -0.153. The third kappa shape index (κ3) is 4.75. The van der Waals surface area contributed by atoms with Gasteiger partial charge in [0.25, 0.3) is 11.8 Å². The summed E-state index contributed by atoms with van der Waals surface area (Å²) in [5.74, 6) is -1.40. The summed E-state index contributed by atoms with van der Waals surface area (Å²) < 4.78 is 5.22. The van der Waals surface area contributed by atoms with Crippen LogP contribution in [-0.4, -0.2) is 23.9 Å². The Morgan fingerprint density at radius 3 is 2.85 bits per heavy atom. The number of amides is 2. The predicted octanol–water partition coefficient (Wildman–Crippen LogP) is 3.29. The number of primary amides is 1. The summed E-state index contributed by atoms with van der Waals surface area (Å²) in [7, 11) is 0. The van der Waals surface area contributed by atoms with E-state index in [-0.39, 0.29) is 6.42 Å². The van der Waals surface area contributed by atoms with Crippen LogP contribution in [0.3, 0.4) is 0 Å². The molecule has 8 heteroatoms. The summed E-state index contributed by atoms with van der Waals surface area (Å²) in [4.78, 5) is 38.4. The molecule has 3 rings (SSSR count). The van der Waals surface area contributed by atoms with Crippen molar-refractivity contribution in [2.24, 2.45) is 5.73 Å².